The van der Waals surface area contributed by atoms with Gasteiger partial charge in [-0.05, 0) is 12.1 Å². The van der Waals surface area contributed by atoms with Crippen molar-refractivity contribution in [1.82, 2.24) is 14.9 Å². The molecule has 2 N–H and O–H groups in total. The molecule has 0 bridgehead atoms. The third kappa shape index (κ3) is 3.61. The summed E-state index contributed by atoms with van der Waals surface area (Å²) in [4.78, 5) is 12.9. The van der Waals surface area contributed by atoms with Gasteiger partial charge in [0.25, 0.3) is 0 Å². The van der Waals surface area contributed by atoms with E-state index >= 15 is 0 Å². The Bertz CT molecular complexity index is 724. The van der Waals surface area contributed by atoms with E-state index < -0.39 is 10.0 Å². The van der Waals surface area contributed by atoms with Crippen LogP contribution in [0.25, 0.3) is 0 Å². The fourth-order valence-electron chi connectivity index (χ4n) is 2.35. The molecule has 0 unspecified atom stereocenters. The second kappa shape index (κ2) is 6.29. The standard InChI is InChI=1S/C13H17N5O2S2/c14-22(19,20)12-9-16-13(21-12)18-7-5-17(6-8-18)10-11-3-1-2-4-15-11/h1-4,9H,5-8,10H2,(H2,14,19,20). The normalized spacial score (nSPS) is 16.9. The molecule has 0 radical (unpaired) electrons. The van der Waals surface area contributed by atoms with Crippen molar-refractivity contribution >= 4 is 26.5 Å². The summed E-state index contributed by atoms with van der Waals surface area (Å²) >= 11 is 1.12. The van der Waals surface area contributed by atoms with Gasteiger partial charge in [-0.15, -0.1) is 0 Å². The van der Waals surface area contributed by atoms with Crippen LogP contribution in [0.15, 0.2) is 34.8 Å². The van der Waals surface area contributed by atoms with E-state index in [-0.39, 0.29) is 4.21 Å². The van der Waals surface area contributed by atoms with Gasteiger partial charge in [0.15, 0.2) is 9.34 Å². The van der Waals surface area contributed by atoms with Gasteiger partial charge in [0.1, 0.15) is 0 Å². The van der Waals surface area contributed by atoms with Crippen LogP contribution < -0.4 is 10.0 Å². The molecule has 118 valence electrons. The number of primary sulfonamides is 1. The molecule has 0 aromatic carbocycles. The number of aromatic nitrogens is 2. The molecule has 0 spiro atoms. The summed E-state index contributed by atoms with van der Waals surface area (Å²) in [5, 5.41) is 5.83. The second-order valence-electron chi connectivity index (χ2n) is 5.09. The molecule has 2 aromatic heterocycles. The van der Waals surface area contributed by atoms with Crippen molar-refractivity contribution in [3.05, 3.63) is 36.3 Å². The Balaban J connectivity index is 1.59. The van der Waals surface area contributed by atoms with Gasteiger partial charge in [-0.3, -0.25) is 9.88 Å². The molecule has 1 aliphatic rings. The van der Waals surface area contributed by atoms with Crippen molar-refractivity contribution in [3.63, 3.8) is 0 Å². The lowest BCUT2D eigenvalue weighted by Gasteiger charge is -2.34. The molecule has 0 amide bonds. The molecule has 2 aromatic rings. The zero-order valence-corrected chi connectivity index (χ0v) is 13.6. The zero-order chi connectivity index (χ0) is 15.6. The Morgan fingerprint density at radius 1 is 1.18 bits per heavy atom. The summed E-state index contributed by atoms with van der Waals surface area (Å²) in [7, 11) is -3.66. The zero-order valence-electron chi connectivity index (χ0n) is 11.9. The molecule has 3 rings (SSSR count). The van der Waals surface area contributed by atoms with Crippen LogP contribution in [-0.2, 0) is 16.6 Å². The fourth-order valence-corrected chi connectivity index (χ4v) is 3.94. The van der Waals surface area contributed by atoms with E-state index in [9.17, 15) is 8.42 Å². The summed E-state index contributed by atoms with van der Waals surface area (Å²) in [6.45, 7) is 4.23. The smallest absolute Gasteiger partial charge is 0.249 e. The third-order valence-corrected chi connectivity index (χ3v) is 5.97. The lowest BCUT2D eigenvalue weighted by atomic mass is 10.3. The summed E-state index contributed by atoms with van der Waals surface area (Å²) in [5.41, 5.74) is 1.06. The Morgan fingerprint density at radius 3 is 2.55 bits per heavy atom. The minimum atomic E-state index is -3.66. The first kappa shape index (κ1) is 15.3. The number of piperazine rings is 1. The van der Waals surface area contributed by atoms with Crippen LogP contribution in [0.1, 0.15) is 5.69 Å². The van der Waals surface area contributed by atoms with E-state index in [1.807, 2.05) is 18.2 Å². The first-order chi connectivity index (χ1) is 10.5. The highest BCUT2D eigenvalue weighted by atomic mass is 32.2. The average molecular weight is 339 g/mol. The van der Waals surface area contributed by atoms with E-state index in [0.717, 1.165) is 49.8 Å². The van der Waals surface area contributed by atoms with Crippen molar-refractivity contribution in [2.24, 2.45) is 5.14 Å². The van der Waals surface area contributed by atoms with E-state index in [1.165, 1.54) is 6.20 Å². The lowest BCUT2D eigenvalue weighted by molar-refractivity contribution is 0.247. The largest absolute Gasteiger partial charge is 0.345 e. The predicted octanol–water partition coefficient (Wildman–Crippen LogP) is 0.508. The van der Waals surface area contributed by atoms with Crippen LogP contribution in [0.4, 0.5) is 5.13 Å². The van der Waals surface area contributed by atoms with Gasteiger partial charge in [-0.25, -0.2) is 18.5 Å². The maximum Gasteiger partial charge on any atom is 0.249 e. The molecular weight excluding hydrogens is 322 g/mol. The minimum Gasteiger partial charge on any atom is -0.345 e. The number of hydrogen-bond donors (Lipinski definition) is 1. The van der Waals surface area contributed by atoms with Crippen LogP contribution in [-0.4, -0.2) is 49.5 Å². The van der Waals surface area contributed by atoms with E-state index in [1.54, 1.807) is 6.20 Å². The number of sulfonamides is 1. The van der Waals surface area contributed by atoms with Crippen LogP contribution >= 0.6 is 11.3 Å². The quantitative estimate of drug-likeness (QED) is 0.872. The number of nitrogens with two attached hydrogens (primary N) is 1. The summed E-state index contributed by atoms with van der Waals surface area (Å²) < 4.78 is 22.7. The molecule has 3 heterocycles. The van der Waals surface area contributed by atoms with E-state index in [4.69, 9.17) is 5.14 Å². The average Bonchev–Trinajstić information content (AvgIpc) is 2.99. The maximum atomic E-state index is 11.3. The number of pyridine rings is 1. The molecule has 9 heteroatoms. The Labute approximate surface area is 133 Å². The molecule has 7 nitrogen and oxygen atoms in total. The Hall–Kier alpha value is -1.55. The predicted molar refractivity (Wildman–Crippen MR) is 85.2 cm³/mol. The SMILES string of the molecule is NS(=O)(=O)c1cnc(N2CCN(Cc3ccccn3)CC2)s1. The van der Waals surface area contributed by atoms with Gasteiger partial charge >= 0.3 is 0 Å². The van der Waals surface area contributed by atoms with E-state index in [0.29, 0.717) is 5.13 Å². The summed E-state index contributed by atoms with van der Waals surface area (Å²) in [5.74, 6) is 0. The lowest BCUT2D eigenvalue weighted by Crippen LogP contribution is -2.46. The highest BCUT2D eigenvalue weighted by Crippen LogP contribution is 2.26. The summed E-state index contributed by atoms with van der Waals surface area (Å²) in [6.07, 6.45) is 3.13. The van der Waals surface area contributed by atoms with Crippen molar-refractivity contribution in [2.75, 3.05) is 31.1 Å². The Kier molecular flexibility index (Phi) is 4.39. The van der Waals surface area contributed by atoms with Crippen LogP contribution in [0.3, 0.4) is 0 Å². The number of thiazole rings is 1. The first-order valence-corrected chi connectivity index (χ1v) is 9.24. The Morgan fingerprint density at radius 2 is 1.95 bits per heavy atom. The molecular formula is C13H17N5O2S2. The molecule has 0 atom stereocenters. The molecule has 1 saturated heterocycles. The number of anilines is 1. The number of hydrogen-bond acceptors (Lipinski definition) is 7. The van der Waals surface area contributed by atoms with Gasteiger partial charge in [-0.2, -0.15) is 0 Å². The van der Waals surface area contributed by atoms with Crippen molar-refractivity contribution < 1.29 is 8.42 Å². The van der Waals surface area contributed by atoms with Gasteiger partial charge in [0, 0.05) is 38.9 Å². The van der Waals surface area contributed by atoms with Crippen molar-refractivity contribution in [2.45, 2.75) is 10.8 Å². The van der Waals surface area contributed by atoms with Gasteiger partial charge < -0.3 is 4.90 Å². The van der Waals surface area contributed by atoms with Gasteiger partial charge in [0.2, 0.25) is 10.0 Å². The van der Waals surface area contributed by atoms with Crippen molar-refractivity contribution in [3.8, 4) is 0 Å². The number of nitrogens with zero attached hydrogens (tertiary/aromatic N) is 4. The second-order valence-corrected chi connectivity index (χ2v) is 7.89. The van der Waals surface area contributed by atoms with Crippen LogP contribution in [0.2, 0.25) is 0 Å². The van der Waals surface area contributed by atoms with E-state index in [2.05, 4.69) is 19.8 Å². The van der Waals surface area contributed by atoms with Gasteiger partial charge in [0.05, 0.1) is 11.9 Å². The minimum absolute atomic E-state index is 0.110. The maximum absolute atomic E-state index is 11.3. The molecule has 1 fully saturated rings. The van der Waals surface area contributed by atoms with Crippen LogP contribution in [0, 0.1) is 0 Å². The first-order valence-electron chi connectivity index (χ1n) is 6.88. The molecule has 0 aliphatic carbocycles. The third-order valence-electron chi connectivity index (χ3n) is 3.51. The fraction of sp³-hybridized carbons (Fsp3) is 0.385. The van der Waals surface area contributed by atoms with Gasteiger partial charge in [-0.1, -0.05) is 17.4 Å². The number of rotatable bonds is 4. The summed E-state index contributed by atoms with van der Waals surface area (Å²) in [6, 6.07) is 5.92. The molecule has 0 saturated carbocycles. The van der Waals surface area contributed by atoms with Crippen LogP contribution in [0.5, 0.6) is 0 Å². The highest BCUT2D eigenvalue weighted by Gasteiger charge is 2.21. The molecule has 22 heavy (non-hydrogen) atoms. The topological polar surface area (TPSA) is 92.4 Å². The monoisotopic (exact) mass is 339 g/mol. The van der Waals surface area contributed by atoms with Crippen molar-refractivity contribution in [1.29, 1.82) is 0 Å². The highest BCUT2D eigenvalue weighted by molar-refractivity contribution is 7.91. The molecule has 1 aliphatic heterocycles.